The Morgan fingerprint density at radius 1 is 1.05 bits per heavy atom. The quantitative estimate of drug-likeness (QED) is 0.831. The van der Waals surface area contributed by atoms with Crippen molar-refractivity contribution in [1.82, 2.24) is 0 Å². The zero-order valence-electron chi connectivity index (χ0n) is 12.2. The van der Waals surface area contributed by atoms with Crippen LogP contribution in [0.4, 0.5) is 0 Å². The Morgan fingerprint density at radius 3 is 2.36 bits per heavy atom. The summed E-state index contributed by atoms with van der Waals surface area (Å²) in [6.07, 6.45) is -0.372. The lowest BCUT2D eigenvalue weighted by atomic mass is 10.1. The van der Waals surface area contributed by atoms with Gasteiger partial charge >= 0.3 is 5.97 Å². The van der Waals surface area contributed by atoms with E-state index < -0.39 is 11.9 Å². The molecule has 0 saturated heterocycles. The Bertz CT molecular complexity index is 655. The van der Waals surface area contributed by atoms with Crippen molar-refractivity contribution in [3.8, 4) is 5.75 Å². The van der Waals surface area contributed by atoms with Crippen molar-refractivity contribution in [2.75, 3.05) is 6.61 Å². The summed E-state index contributed by atoms with van der Waals surface area (Å²) >= 11 is 0. The van der Waals surface area contributed by atoms with Crippen LogP contribution < -0.4 is 10.5 Å². The molecule has 2 aromatic rings. The second-order valence-corrected chi connectivity index (χ2v) is 4.69. The number of nitrogens with two attached hydrogens (primary N) is 1. The van der Waals surface area contributed by atoms with E-state index in [2.05, 4.69) is 0 Å². The number of para-hydroxylation sites is 1. The van der Waals surface area contributed by atoms with Crippen molar-refractivity contribution in [3.63, 3.8) is 0 Å². The molecular formula is C17H17NO4. The smallest absolute Gasteiger partial charge is 0.344 e. The molecule has 0 aliphatic heterocycles. The number of hydrogen-bond donors (Lipinski definition) is 1. The lowest BCUT2D eigenvalue weighted by Gasteiger charge is -2.14. The highest BCUT2D eigenvalue weighted by Crippen LogP contribution is 2.19. The van der Waals surface area contributed by atoms with Crippen molar-refractivity contribution in [1.29, 1.82) is 0 Å². The maximum atomic E-state index is 11.8. The molecule has 2 N–H and O–H groups in total. The highest BCUT2D eigenvalue weighted by Gasteiger charge is 2.14. The number of hydrogen-bond acceptors (Lipinski definition) is 4. The lowest BCUT2D eigenvalue weighted by Crippen LogP contribution is -2.19. The minimum Gasteiger partial charge on any atom is -0.481 e. The number of rotatable bonds is 6. The van der Waals surface area contributed by atoms with E-state index in [1.54, 1.807) is 25.1 Å². The fraction of sp³-hybridized carbons (Fsp3) is 0.176. The topological polar surface area (TPSA) is 78.6 Å². The minimum atomic E-state index is -0.610. The molecule has 2 rings (SSSR count). The van der Waals surface area contributed by atoms with E-state index in [-0.39, 0.29) is 24.0 Å². The van der Waals surface area contributed by atoms with Crippen LogP contribution in [0.2, 0.25) is 0 Å². The number of carbonyl (C=O) groups is 2. The van der Waals surface area contributed by atoms with Crippen LogP contribution in [0.15, 0.2) is 54.6 Å². The van der Waals surface area contributed by atoms with Crippen LogP contribution in [0.25, 0.3) is 0 Å². The van der Waals surface area contributed by atoms with E-state index in [1.807, 2.05) is 30.3 Å². The molecule has 5 heteroatoms. The van der Waals surface area contributed by atoms with E-state index in [0.717, 1.165) is 5.56 Å². The van der Waals surface area contributed by atoms with Gasteiger partial charge in [0.25, 0.3) is 5.91 Å². The average molecular weight is 299 g/mol. The number of benzene rings is 2. The molecule has 0 spiro atoms. The van der Waals surface area contributed by atoms with Crippen molar-refractivity contribution >= 4 is 11.9 Å². The average Bonchev–Trinajstić information content (AvgIpc) is 2.54. The van der Waals surface area contributed by atoms with Crippen LogP contribution in [0.5, 0.6) is 5.75 Å². The highest BCUT2D eigenvalue weighted by molar-refractivity contribution is 5.95. The Hall–Kier alpha value is -2.82. The van der Waals surface area contributed by atoms with Crippen molar-refractivity contribution in [3.05, 3.63) is 65.7 Å². The molecule has 2 aromatic carbocycles. The molecule has 5 nitrogen and oxygen atoms in total. The van der Waals surface area contributed by atoms with Crippen molar-refractivity contribution in [2.45, 2.75) is 13.0 Å². The van der Waals surface area contributed by atoms with Gasteiger partial charge in [0.2, 0.25) is 0 Å². The molecule has 0 radical (unpaired) electrons. The molecule has 0 bridgehead atoms. The molecule has 1 amide bonds. The van der Waals surface area contributed by atoms with Gasteiger partial charge in [-0.25, -0.2) is 4.79 Å². The first-order chi connectivity index (χ1) is 10.6. The van der Waals surface area contributed by atoms with Gasteiger partial charge in [0.1, 0.15) is 11.9 Å². The molecule has 0 heterocycles. The first-order valence-electron chi connectivity index (χ1n) is 6.84. The van der Waals surface area contributed by atoms with Gasteiger partial charge in [0, 0.05) is 0 Å². The predicted octanol–water partition coefficient (Wildman–Crippen LogP) is 2.47. The van der Waals surface area contributed by atoms with E-state index in [4.69, 9.17) is 15.2 Å². The van der Waals surface area contributed by atoms with E-state index in [1.165, 1.54) is 6.07 Å². The summed E-state index contributed by atoms with van der Waals surface area (Å²) in [6, 6.07) is 15.9. The number of ether oxygens (including phenoxy) is 2. The van der Waals surface area contributed by atoms with E-state index >= 15 is 0 Å². The summed E-state index contributed by atoms with van der Waals surface area (Å²) < 4.78 is 10.6. The maximum absolute atomic E-state index is 11.8. The maximum Gasteiger partial charge on any atom is 0.344 e. The third-order valence-corrected chi connectivity index (χ3v) is 3.08. The summed E-state index contributed by atoms with van der Waals surface area (Å²) in [5.74, 6) is -0.864. The normalized spacial score (nSPS) is 11.5. The zero-order valence-corrected chi connectivity index (χ0v) is 12.2. The summed E-state index contributed by atoms with van der Waals surface area (Å²) in [5.41, 5.74) is 6.37. The summed E-state index contributed by atoms with van der Waals surface area (Å²) in [4.78, 5) is 23.1. The van der Waals surface area contributed by atoms with Gasteiger partial charge in [-0.2, -0.15) is 0 Å². The SMILES string of the molecule is C[C@H](OC(=O)COc1ccccc1C(N)=O)c1ccccc1. The van der Waals surface area contributed by atoms with Gasteiger partial charge in [0.15, 0.2) is 6.61 Å². The van der Waals surface area contributed by atoms with Gasteiger partial charge in [-0.1, -0.05) is 42.5 Å². The zero-order chi connectivity index (χ0) is 15.9. The lowest BCUT2D eigenvalue weighted by molar-refractivity contribution is -0.151. The van der Waals surface area contributed by atoms with Crippen LogP contribution in [0.3, 0.4) is 0 Å². The van der Waals surface area contributed by atoms with Gasteiger partial charge in [-0.15, -0.1) is 0 Å². The largest absolute Gasteiger partial charge is 0.481 e. The van der Waals surface area contributed by atoms with Gasteiger partial charge < -0.3 is 15.2 Å². The summed E-state index contributed by atoms with van der Waals surface area (Å²) in [7, 11) is 0. The van der Waals surface area contributed by atoms with Gasteiger partial charge in [0.05, 0.1) is 5.56 Å². The predicted molar refractivity (Wildman–Crippen MR) is 81.4 cm³/mol. The Labute approximate surface area is 128 Å². The molecule has 0 aliphatic rings. The van der Waals surface area contributed by atoms with E-state index in [0.29, 0.717) is 0 Å². The van der Waals surface area contributed by atoms with Crippen LogP contribution in [-0.4, -0.2) is 18.5 Å². The van der Waals surface area contributed by atoms with Gasteiger partial charge in [-0.3, -0.25) is 4.79 Å². The standard InChI is InChI=1S/C17H17NO4/c1-12(13-7-3-2-4-8-13)22-16(19)11-21-15-10-6-5-9-14(15)17(18)20/h2-10,12H,11H2,1H3,(H2,18,20)/t12-/m0/s1. The Kier molecular flexibility index (Phi) is 5.14. The van der Waals surface area contributed by atoms with Crippen LogP contribution in [-0.2, 0) is 9.53 Å². The molecule has 0 saturated carbocycles. The molecular weight excluding hydrogens is 282 g/mol. The minimum absolute atomic E-state index is 0.228. The number of amides is 1. The fourth-order valence-corrected chi connectivity index (χ4v) is 1.96. The Balaban J connectivity index is 1.92. The molecule has 0 unspecified atom stereocenters. The first kappa shape index (κ1) is 15.6. The van der Waals surface area contributed by atoms with Crippen LogP contribution >= 0.6 is 0 Å². The Morgan fingerprint density at radius 2 is 1.68 bits per heavy atom. The van der Waals surface area contributed by atoms with Gasteiger partial charge in [-0.05, 0) is 24.6 Å². The van der Waals surface area contributed by atoms with Crippen molar-refractivity contribution < 1.29 is 19.1 Å². The third-order valence-electron chi connectivity index (χ3n) is 3.08. The van der Waals surface area contributed by atoms with Crippen molar-refractivity contribution in [2.24, 2.45) is 5.73 Å². The third kappa shape index (κ3) is 4.09. The summed E-state index contributed by atoms with van der Waals surface area (Å²) in [6.45, 7) is 1.49. The number of carbonyl (C=O) groups excluding carboxylic acids is 2. The molecule has 1 atom stereocenters. The number of esters is 1. The second-order valence-electron chi connectivity index (χ2n) is 4.69. The fourth-order valence-electron chi connectivity index (χ4n) is 1.96. The van der Waals surface area contributed by atoms with E-state index in [9.17, 15) is 9.59 Å². The molecule has 22 heavy (non-hydrogen) atoms. The number of primary amides is 1. The second kappa shape index (κ2) is 7.26. The van der Waals surface area contributed by atoms with Crippen LogP contribution in [0.1, 0.15) is 28.9 Å². The first-order valence-corrected chi connectivity index (χ1v) is 6.84. The molecule has 0 aromatic heterocycles. The van der Waals surface area contributed by atoms with Crippen LogP contribution in [0, 0.1) is 0 Å². The highest BCUT2D eigenvalue weighted by atomic mass is 16.6. The monoisotopic (exact) mass is 299 g/mol. The molecule has 0 aliphatic carbocycles. The summed E-state index contributed by atoms with van der Waals surface area (Å²) in [5, 5.41) is 0. The molecule has 114 valence electrons. The molecule has 0 fully saturated rings.